The normalized spacial score (nSPS) is 20.3. The highest BCUT2D eigenvalue weighted by Gasteiger charge is 2.30. The highest BCUT2D eigenvalue weighted by molar-refractivity contribution is 8.00. The second kappa shape index (κ2) is 3.93. The Kier molecular flexibility index (Phi) is 2.78. The van der Waals surface area contributed by atoms with E-state index in [1.165, 1.54) is 6.26 Å². The number of rotatable bonds is 1. The molecule has 3 nitrogen and oxygen atoms in total. The third-order valence-corrected chi connectivity index (χ3v) is 3.74. The van der Waals surface area contributed by atoms with Crippen LogP contribution in [0.15, 0.2) is 22.8 Å². The van der Waals surface area contributed by atoms with Gasteiger partial charge in [-0.25, -0.2) is 0 Å². The van der Waals surface area contributed by atoms with Crippen molar-refractivity contribution < 1.29 is 9.21 Å². The molecule has 1 aliphatic heterocycles. The van der Waals surface area contributed by atoms with Crippen LogP contribution in [0.3, 0.4) is 0 Å². The van der Waals surface area contributed by atoms with Gasteiger partial charge >= 0.3 is 0 Å². The van der Waals surface area contributed by atoms with Crippen LogP contribution in [0.25, 0.3) is 0 Å². The summed E-state index contributed by atoms with van der Waals surface area (Å²) in [5, 5.41) is 0. The lowest BCUT2D eigenvalue weighted by Gasteiger charge is -2.37. The van der Waals surface area contributed by atoms with Crippen LogP contribution in [0.1, 0.15) is 24.4 Å². The van der Waals surface area contributed by atoms with E-state index in [1.807, 2.05) is 16.7 Å². The van der Waals surface area contributed by atoms with E-state index in [4.69, 9.17) is 4.42 Å². The number of hydrogen-bond acceptors (Lipinski definition) is 3. The molecule has 0 spiro atoms. The molecule has 1 aliphatic rings. The van der Waals surface area contributed by atoms with Crippen LogP contribution in [-0.2, 0) is 0 Å². The fourth-order valence-electron chi connectivity index (χ4n) is 1.75. The topological polar surface area (TPSA) is 33.5 Å². The Bertz CT molecular complexity index is 345. The zero-order valence-corrected chi connectivity index (χ0v) is 9.84. The summed E-state index contributed by atoms with van der Waals surface area (Å²) in [5.74, 6) is 1.45. The second-order valence-corrected chi connectivity index (χ2v) is 6.11. The van der Waals surface area contributed by atoms with Gasteiger partial charge in [0.05, 0.1) is 6.26 Å². The number of thioether (sulfide) groups is 1. The molecule has 1 fully saturated rings. The average Bonchev–Trinajstić information content (AvgIpc) is 2.67. The van der Waals surface area contributed by atoms with Crippen LogP contribution < -0.4 is 0 Å². The predicted octanol–water partition coefficient (Wildman–Crippen LogP) is 2.25. The lowest BCUT2D eigenvalue weighted by Crippen LogP contribution is -2.46. The maximum absolute atomic E-state index is 12.0. The third kappa shape index (κ3) is 2.37. The molecule has 2 heterocycles. The van der Waals surface area contributed by atoms with Crippen LogP contribution in [0, 0.1) is 0 Å². The van der Waals surface area contributed by atoms with Crippen LogP contribution in [-0.4, -0.2) is 34.4 Å². The molecule has 1 aromatic rings. The van der Waals surface area contributed by atoms with E-state index in [1.54, 1.807) is 12.1 Å². The van der Waals surface area contributed by atoms with Crippen molar-refractivity contribution in [3.8, 4) is 0 Å². The first-order valence-corrected chi connectivity index (χ1v) is 6.04. The second-order valence-electron chi connectivity index (χ2n) is 4.31. The molecular weight excluding hydrogens is 210 g/mol. The van der Waals surface area contributed by atoms with Gasteiger partial charge in [0.1, 0.15) is 0 Å². The van der Waals surface area contributed by atoms with E-state index < -0.39 is 0 Å². The highest BCUT2D eigenvalue weighted by Crippen LogP contribution is 2.30. The van der Waals surface area contributed by atoms with Gasteiger partial charge in [0.15, 0.2) is 5.76 Å². The van der Waals surface area contributed by atoms with Crippen molar-refractivity contribution in [3.63, 3.8) is 0 Å². The summed E-state index contributed by atoms with van der Waals surface area (Å²) in [4.78, 5) is 13.8. The Balaban J connectivity index is 2.08. The molecule has 0 atom stereocenters. The molecule has 0 radical (unpaired) electrons. The number of hydrogen-bond donors (Lipinski definition) is 0. The molecule has 0 unspecified atom stereocenters. The van der Waals surface area contributed by atoms with Gasteiger partial charge in [-0.05, 0) is 26.0 Å². The summed E-state index contributed by atoms with van der Waals surface area (Å²) in [6.07, 6.45) is 1.54. The monoisotopic (exact) mass is 225 g/mol. The van der Waals surface area contributed by atoms with Gasteiger partial charge in [0.25, 0.3) is 5.91 Å². The average molecular weight is 225 g/mol. The Labute approximate surface area is 93.8 Å². The first-order chi connectivity index (χ1) is 7.08. The first-order valence-electron chi connectivity index (χ1n) is 5.05. The zero-order valence-electron chi connectivity index (χ0n) is 9.03. The summed E-state index contributed by atoms with van der Waals surface area (Å²) in [6.45, 7) is 5.93. The minimum Gasteiger partial charge on any atom is -0.459 e. The molecule has 1 saturated heterocycles. The van der Waals surface area contributed by atoms with E-state index in [9.17, 15) is 4.79 Å². The molecule has 0 bridgehead atoms. The molecule has 4 heteroatoms. The van der Waals surface area contributed by atoms with Crippen LogP contribution in [0.4, 0.5) is 0 Å². The van der Waals surface area contributed by atoms with Crippen molar-refractivity contribution in [1.29, 1.82) is 0 Å². The van der Waals surface area contributed by atoms with Crippen molar-refractivity contribution in [3.05, 3.63) is 24.2 Å². The maximum Gasteiger partial charge on any atom is 0.289 e. The van der Waals surface area contributed by atoms with Crippen molar-refractivity contribution in [2.45, 2.75) is 18.6 Å². The quantitative estimate of drug-likeness (QED) is 0.735. The summed E-state index contributed by atoms with van der Waals surface area (Å²) in [7, 11) is 0. The number of amides is 1. The van der Waals surface area contributed by atoms with Crippen molar-refractivity contribution in [2.75, 3.05) is 18.8 Å². The minimum absolute atomic E-state index is 0.00775. The Morgan fingerprint density at radius 2 is 2.40 bits per heavy atom. The summed E-state index contributed by atoms with van der Waals surface area (Å²) in [6, 6.07) is 3.47. The summed E-state index contributed by atoms with van der Waals surface area (Å²) >= 11 is 1.91. The first kappa shape index (κ1) is 10.6. The standard InChI is InChI=1S/C11H15NO2S/c1-11(2)8-12(5-7-15-11)10(13)9-4-3-6-14-9/h3-4,6H,5,7-8H2,1-2H3. The number of carbonyl (C=O) groups excluding carboxylic acids is 1. The van der Waals surface area contributed by atoms with E-state index in [2.05, 4.69) is 13.8 Å². The SMILES string of the molecule is CC1(C)CN(C(=O)c2ccco2)CCS1. The smallest absolute Gasteiger partial charge is 0.289 e. The Hall–Kier alpha value is -0.900. The van der Waals surface area contributed by atoms with Crippen molar-refractivity contribution >= 4 is 17.7 Å². The molecule has 2 rings (SSSR count). The molecule has 0 N–H and O–H groups in total. The molecule has 0 aromatic carbocycles. The van der Waals surface area contributed by atoms with Crippen molar-refractivity contribution in [2.24, 2.45) is 0 Å². The van der Waals surface area contributed by atoms with Crippen LogP contribution in [0.5, 0.6) is 0 Å². The molecule has 1 amide bonds. The number of carbonyl (C=O) groups is 1. The molecule has 0 saturated carbocycles. The summed E-state index contributed by atoms with van der Waals surface area (Å²) in [5.41, 5.74) is 0. The van der Waals surface area contributed by atoms with Gasteiger partial charge in [-0.3, -0.25) is 4.79 Å². The van der Waals surface area contributed by atoms with Crippen LogP contribution in [0.2, 0.25) is 0 Å². The van der Waals surface area contributed by atoms with E-state index in [0.29, 0.717) is 5.76 Å². The van der Waals surface area contributed by atoms with E-state index in [0.717, 1.165) is 18.8 Å². The maximum atomic E-state index is 12.0. The lowest BCUT2D eigenvalue weighted by molar-refractivity contribution is 0.0716. The highest BCUT2D eigenvalue weighted by atomic mass is 32.2. The van der Waals surface area contributed by atoms with E-state index >= 15 is 0 Å². The van der Waals surface area contributed by atoms with Crippen molar-refractivity contribution in [1.82, 2.24) is 4.90 Å². The fraction of sp³-hybridized carbons (Fsp3) is 0.545. The van der Waals surface area contributed by atoms with Gasteiger partial charge in [-0.2, -0.15) is 11.8 Å². The predicted molar refractivity (Wildman–Crippen MR) is 61.1 cm³/mol. The van der Waals surface area contributed by atoms with Gasteiger partial charge in [-0.1, -0.05) is 0 Å². The Morgan fingerprint density at radius 1 is 1.60 bits per heavy atom. The molecular formula is C11H15NO2S. The molecule has 0 aliphatic carbocycles. The van der Waals surface area contributed by atoms with Crippen LogP contribution >= 0.6 is 11.8 Å². The van der Waals surface area contributed by atoms with Gasteiger partial charge in [0, 0.05) is 23.6 Å². The summed E-state index contributed by atoms with van der Waals surface area (Å²) < 4.78 is 5.27. The minimum atomic E-state index is 0.00775. The largest absolute Gasteiger partial charge is 0.459 e. The number of furan rings is 1. The van der Waals surface area contributed by atoms with Gasteiger partial charge in [0.2, 0.25) is 0 Å². The third-order valence-electron chi connectivity index (χ3n) is 2.44. The zero-order chi connectivity index (χ0) is 10.9. The van der Waals surface area contributed by atoms with Gasteiger partial charge < -0.3 is 9.32 Å². The van der Waals surface area contributed by atoms with E-state index in [-0.39, 0.29) is 10.7 Å². The molecule has 1 aromatic heterocycles. The lowest BCUT2D eigenvalue weighted by atomic mass is 10.2. The van der Waals surface area contributed by atoms with Gasteiger partial charge in [-0.15, -0.1) is 0 Å². The number of nitrogens with zero attached hydrogens (tertiary/aromatic N) is 1. The Morgan fingerprint density at radius 3 is 3.00 bits per heavy atom. The fourth-order valence-corrected chi connectivity index (χ4v) is 2.86. The molecule has 82 valence electrons. The molecule has 15 heavy (non-hydrogen) atoms.